The van der Waals surface area contributed by atoms with E-state index >= 15 is 0 Å². The van der Waals surface area contributed by atoms with Crippen molar-refractivity contribution in [2.75, 3.05) is 19.5 Å². The van der Waals surface area contributed by atoms with Gasteiger partial charge < -0.3 is 14.8 Å². The standard InChI is InChI=1S/C17H16N2O3S/c1-11-6-7-23-16(11)8-12(10-18)17(20)19-13-4-5-14(21-2)15(9-13)22-3/h4-9H,1-3H3,(H,19,20)/b12-8-. The molecule has 1 heterocycles. The summed E-state index contributed by atoms with van der Waals surface area (Å²) in [5, 5.41) is 13.8. The lowest BCUT2D eigenvalue weighted by Gasteiger charge is -2.10. The summed E-state index contributed by atoms with van der Waals surface area (Å²) in [6.07, 6.45) is 1.59. The molecule has 1 amide bonds. The van der Waals surface area contributed by atoms with Crippen molar-refractivity contribution in [2.24, 2.45) is 0 Å². The Morgan fingerprint density at radius 2 is 2.00 bits per heavy atom. The molecule has 0 saturated heterocycles. The first-order valence-electron chi connectivity index (χ1n) is 6.78. The summed E-state index contributed by atoms with van der Waals surface area (Å²) in [4.78, 5) is 13.2. The second kappa shape index (κ2) is 7.47. The Labute approximate surface area is 138 Å². The molecule has 0 aliphatic carbocycles. The number of carbonyl (C=O) groups is 1. The molecule has 0 radical (unpaired) electrons. The summed E-state index contributed by atoms with van der Waals surface area (Å²) < 4.78 is 10.3. The van der Waals surface area contributed by atoms with Crippen molar-refractivity contribution in [3.63, 3.8) is 0 Å². The molecule has 0 aliphatic rings. The highest BCUT2D eigenvalue weighted by molar-refractivity contribution is 7.11. The van der Waals surface area contributed by atoms with E-state index in [4.69, 9.17) is 9.47 Å². The molecule has 1 aromatic carbocycles. The summed E-state index contributed by atoms with van der Waals surface area (Å²) in [5.74, 6) is 0.602. The number of hydrogen-bond acceptors (Lipinski definition) is 5. The maximum atomic E-state index is 12.3. The molecular formula is C17H16N2O3S. The molecule has 6 heteroatoms. The Kier molecular flexibility index (Phi) is 5.39. The highest BCUT2D eigenvalue weighted by Gasteiger charge is 2.12. The van der Waals surface area contributed by atoms with Crippen LogP contribution in [0.5, 0.6) is 11.5 Å². The number of hydrogen-bond donors (Lipinski definition) is 1. The molecule has 0 aliphatic heterocycles. The van der Waals surface area contributed by atoms with Gasteiger partial charge in [0.1, 0.15) is 11.6 Å². The summed E-state index contributed by atoms with van der Waals surface area (Å²) in [7, 11) is 3.06. The molecule has 2 rings (SSSR count). The Bertz CT molecular complexity index is 787. The number of thiophene rings is 1. The van der Waals surface area contributed by atoms with Crippen LogP contribution >= 0.6 is 11.3 Å². The van der Waals surface area contributed by atoms with Gasteiger partial charge in [-0.3, -0.25) is 4.79 Å². The molecule has 2 aromatic rings. The van der Waals surface area contributed by atoms with Crippen LogP contribution in [0.1, 0.15) is 10.4 Å². The lowest BCUT2D eigenvalue weighted by atomic mass is 10.2. The predicted molar refractivity (Wildman–Crippen MR) is 90.8 cm³/mol. The van der Waals surface area contributed by atoms with E-state index in [1.165, 1.54) is 25.6 Å². The van der Waals surface area contributed by atoms with Crippen LogP contribution in [0.2, 0.25) is 0 Å². The average molecular weight is 328 g/mol. The van der Waals surface area contributed by atoms with Crippen LogP contribution in [0.4, 0.5) is 5.69 Å². The number of aryl methyl sites for hydroxylation is 1. The number of nitriles is 1. The maximum absolute atomic E-state index is 12.3. The quantitative estimate of drug-likeness (QED) is 0.672. The minimum absolute atomic E-state index is 0.0466. The molecule has 23 heavy (non-hydrogen) atoms. The smallest absolute Gasteiger partial charge is 0.266 e. The molecule has 5 nitrogen and oxygen atoms in total. The summed E-state index contributed by atoms with van der Waals surface area (Å²) in [5.41, 5.74) is 1.60. The van der Waals surface area contributed by atoms with Crippen molar-refractivity contribution < 1.29 is 14.3 Å². The van der Waals surface area contributed by atoms with Crippen LogP contribution in [-0.4, -0.2) is 20.1 Å². The van der Waals surface area contributed by atoms with E-state index < -0.39 is 5.91 Å². The molecule has 0 bridgehead atoms. The highest BCUT2D eigenvalue weighted by Crippen LogP contribution is 2.30. The largest absolute Gasteiger partial charge is 0.493 e. The Morgan fingerprint density at radius 3 is 2.57 bits per heavy atom. The van der Waals surface area contributed by atoms with Gasteiger partial charge in [-0.15, -0.1) is 11.3 Å². The first-order valence-corrected chi connectivity index (χ1v) is 7.66. The van der Waals surface area contributed by atoms with E-state index in [0.29, 0.717) is 17.2 Å². The Balaban J connectivity index is 2.22. The third kappa shape index (κ3) is 3.90. The second-order valence-corrected chi connectivity index (χ2v) is 5.61. The van der Waals surface area contributed by atoms with Crippen LogP contribution in [-0.2, 0) is 4.79 Å². The zero-order valence-corrected chi connectivity index (χ0v) is 13.9. The van der Waals surface area contributed by atoms with Gasteiger partial charge in [-0.2, -0.15) is 5.26 Å². The monoisotopic (exact) mass is 328 g/mol. The van der Waals surface area contributed by atoms with Crippen molar-refractivity contribution >= 4 is 29.0 Å². The van der Waals surface area contributed by atoms with Crippen molar-refractivity contribution in [2.45, 2.75) is 6.92 Å². The second-order valence-electron chi connectivity index (χ2n) is 4.66. The molecule has 0 saturated carbocycles. The summed E-state index contributed by atoms with van der Waals surface area (Å²) in [6, 6.07) is 8.89. The molecule has 0 spiro atoms. The van der Waals surface area contributed by atoms with E-state index in [9.17, 15) is 10.1 Å². The van der Waals surface area contributed by atoms with Crippen LogP contribution in [0.25, 0.3) is 6.08 Å². The minimum Gasteiger partial charge on any atom is -0.493 e. The zero-order valence-electron chi connectivity index (χ0n) is 13.0. The van der Waals surface area contributed by atoms with E-state index in [0.717, 1.165) is 10.4 Å². The number of nitrogens with one attached hydrogen (secondary N) is 1. The van der Waals surface area contributed by atoms with E-state index in [-0.39, 0.29) is 5.57 Å². The predicted octanol–water partition coefficient (Wildman–Crippen LogP) is 3.62. The fraction of sp³-hybridized carbons (Fsp3) is 0.176. The lowest BCUT2D eigenvalue weighted by molar-refractivity contribution is -0.112. The number of carbonyl (C=O) groups excluding carboxylic acids is 1. The van der Waals surface area contributed by atoms with Crippen molar-refractivity contribution in [3.05, 3.63) is 45.7 Å². The third-order valence-electron chi connectivity index (χ3n) is 3.18. The molecule has 0 atom stereocenters. The number of anilines is 1. The number of methoxy groups -OCH3 is 2. The highest BCUT2D eigenvalue weighted by atomic mass is 32.1. The topological polar surface area (TPSA) is 71.3 Å². The number of benzene rings is 1. The van der Waals surface area contributed by atoms with Gasteiger partial charge in [0.15, 0.2) is 11.5 Å². The zero-order chi connectivity index (χ0) is 16.8. The molecule has 0 unspecified atom stereocenters. The van der Waals surface area contributed by atoms with Gasteiger partial charge in [0.05, 0.1) is 14.2 Å². The normalized spacial score (nSPS) is 10.8. The number of nitrogens with zero attached hydrogens (tertiary/aromatic N) is 1. The number of ether oxygens (including phenoxy) is 2. The average Bonchev–Trinajstić information content (AvgIpc) is 2.97. The van der Waals surface area contributed by atoms with Gasteiger partial charge in [-0.05, 0) is 42.1 Å². The van der Waals surface area contributed by atoms with Gasteiger partial charge in [0.25, 0.3) is 5.91 Å². The van der Waals surface area contributed by atoms with Crippen molar-refractivity contribution in [3.8, 4) is 17.6 Å². The lowest BCUT2D eigenvalue weighted by Crippen LogP contribution is -2.13. The van der Waals surface area contributed by atoms with E-state index in [1.807, 2.05) is 24.4 Å². The minimum atomic E-state index is -0.465. The fourth-order valence-electron chi connectivity index (χ4n) is 1.92. The van der Waals surface area contributed by atoms with Crippen LogP contribution < -0.4 is 14.8 Å². The number of rotatable bonds is 5. The van der Waals surface area contributed by atoms with Crippen LogP contribution in [0.15, 0.2) is 35.2 Å². The molecule has 0 fully saturated rings. The SMILES string of the molecule is COc1ccc(NC(=O)/C(C#N)=C\c2sccc2C)cc1OC. The van der Waals surface area contributed by atoms with Crippen LogP contribution in [0.3, 0.4) is 0 Å². The van der Waals surface area contributed by atoms with Gasteiger partial charge in [-0.25, -0.2) is 0 Å². The molecule has 1 N–H and O–H groups in total. The Morgan fingerprint density at radius 1 is 1.26 bits per heavy atom. The molecular weight excluding hydrogens is 312 g/mol. The fourth-order valence-corrected chi connectivity index (χ4v) is 2.78. The van der Waals surface area contributed by atoms with Gasteiger partial charge >= 0.3 is 0 Å². The van der Waals surface area contributed by atoms with Crippen LogP contribution in [0, 0.1) is 18.3 Å². The summed E-state index contributed by atoms with van der Waals surface area (Å²) in [6.45, 7) is 1.93. The molecule has 118 valence electrons. The van der Waals surface area contributed by atoms with Gasteiger partial charge in [0, 0.05) is 16.6 Å². The first kappa shape index (κ1) is 16.6. The summed E-state index contributed by atoms with van der Waals surface area (Å²) >= 11 is 1.48. The first-order chi connectivity index (χ1) is 11.1. The van der Waals surface area contributed by atoms with E-state index in [1.54, 1.807) is 24.3 Å². The number of amides is 1. The maximum Gasteiger partial charge on any atom is 0.266 e. The Hall–Kier alpha value is -2.78. The van der Waals surface area contributed by atoms with Crippen molar-refractivity contribution in [1.29, 1.82) is 5.26 Å². The third-order valence-corrected chi connectivity index (χ3v) is 4.15. The van der Waals surface area contributed by atoms with E-state index in [2.05, 4.69) is 5.32 Å². The van der Waals surface area contributed by atoms with Gasteiger partial charge in [0.2, 0.25) is 0 Å². The van der Waals surface area contributed by atoms with Crippen molar-refractivity contribution in [1.82, 2.24) is 0 Å². The van der Waals surface area contributed by atoms with Gasteiger partial charge in [-0.1, -0.05) is 0 Å². The molecule has 1 aromatic heterocycles.